The van der Waals surface area contributed by atoms with E-state index < -0.39 is 0 Å². The summed E-state index contributed by atoms with van der Waals surface area (Å²) in [6.45, 7) is 1.95. The Morgan fingerprint density at radius 1 is 1.10 bits per heavy atom. The number of imidazole rings is 1. The fourth-order valence-corrected chi connectivity index (χ4v) is 4.28. The molecule has 2 aromatic heterocycles. The van der Waals surface area contributed by atoms with Gasteiger partial charge in [-0.1, -0.05) is 24.3 Å². The van der Waals surface area contributed by atoms with Crippen molar-refractivity contribution in [2.45, 2.75) is 12.5 Å². The summed E-state index contributed by atoms with van der Waals surface area (Å²) in [5.74, 6) is 0.500. The lowest BCUT2D eigenvalue weighted by Gasteiger charge is -2.22. The number of para-hydroxylation sites is 2. The van der Waals surface area contributed by atoms with Crippen molar-refractivity contribution in [1.82, 2.24) is 19.9 Å². The van der Waals surface area contributed by atoms with E-state index >= 15 is 0 Å². The maximum atomic E-state index is 12.8. The first-order chi connectivity index (χ1) is 14.0. The SMILES string of the molecule is CN(C)C1CCN(c2cccc3[nH]c(-c4c(N)c5ccccc5[nH]c4=O)nc23)C1. The molecule has 29 heavy (non-hydrogen) atoms. The average Bonchev–Trinajstić information content (AvgIpc) is 3.35. The van der Waals surface area contributed by atoms with Gasteiger partial charge in [0.1, 0.15) is 16.9 Å². The third-order valence-corrected chi connectivity index (χ3v) is 5.92. The van der Waals surface area contributed by atoms with Crippen LogP contribution in [0, 0.1) is 0 Å². The minimum Gasteiger partial charge on any atom is -0.397 e. The first-order valence-electron chi connectivity index (χ1n) is 9.84. The summed E-state index contributed by atoms with van der Waals surface area (Å²) in [4.78, 5) is 28.5. The number of aromatic nitrogens is 3. The first-order valence-corrected chi connectivity index (χ1v) is 9.84. The number of likely N-dealkylation sites (N-methyl/N-ethyl adjacent to an activating group) is 1. The van der Waals surface area contributed by atoms with E-state index in [0.717, 1.165) is 47.1 Å². The molecule has 1 aliphatic rings. The molecule has 1 unspecified atom stereocenters. The highest BCUT2D eigenvalue weighted by molar-refractivity contribution is 5.98. The van der Waals surface area contributed by atoms with Crippen molar-refractivity contribution in [2.24, 2.45) is 0 Å². The second kappa shape index (κ2) is 6.63. The Bertz CT molecular complexity index is 1270. The minimum absolute atomic E-state index is 0.240. The van der Waals surface area contributed by atoms with Crippen LogP contribution >= 0.6 is 0 Å². The highest BCUT2D eigenvalue weighted by atomic mass is 16.1. The van der Waals surface area contributed by atoms with E-state index in [1.54, 1.807) is 0 Å². The number of hydrogen-bond donors (Lipinski definition) is 3. The average molecular weight is 388 g/mol. The summed E-state index contributed by atoms with van der Waals surface area (Å²) in [5.41, 5.74) is 10.6. The Labute approximate surface area is 168 Å². The molecule has 0 spiro atoms. The van der Waals surface area contributed by atoms with Crippen molar-refractivity contribution < 1.29 is 0 Å². The number of nitrogens with zero attached hydrogens (tertiary/aromatic N) is 3. The number of nitrogen functional groups attached to an aromatic ring is 1. The number of H-pyrrole nitrogens is 2. The Morgan fingerprint density at radius 2 is 1.90 bits per heavy atom. The number of aromatic amines is 2. The molecule has 0 aliphatic carbocycles. The van der Waals surface area contributed by atoms with Crippen molar-refractivity contribution in [2.75, 3.05) is 37.8 Å². The Balaban J connectivity index is 1.64. The quantitative estimate of drug-likeness (QED) is 0.502. The number of fused-ring (bicyclic) bond motifs is 2. The first kappa shape index (κ1) is 17.8. The molecule has 4 aromatic rings. The van der Waals surface area contributed by atoms with Crippen LogP contribution in [0.2, 0.25) is 0 Å². The molecule has 1 saturated heterocycles. The van der Waals surface area contributed by atoms with Crippen molar-refractivity contribution in [1.29, 1.82) is 0 Å². The van der Waals surface area contributed by atoms with Gasteiger partial charge in [-0.15, -0.1) is 0 Å². The number of anilines is 2. The van der Waals surface area contributed by atoms with E-state index in [9.17, 15) is 4.79 Å². The lowest BCUT2D eigenvalue weighted by atomic mass is 10.1. The second-order valence-corrected chi connectivity index (χ2v) is 7.90. The molecule has 0 bridgehead atoms. The largest absolute Gasteiger partial charge is 0.397 e. The maximum absolute atomic E-state index is 12.8. The van der Waals surface area contributed by atoms with E-state index in [2.05, 4.69) is 39.9 Å². The van der Waals surface area contributed by atoms with E-state index in [-0.39, 0.29) is 5.56 Å². The monoisotopic (exact) mass is 388 g/mol. The topological polar surface area (TPSA) is 94.0 Å². The number of nitrogens with one attached hydrogen (secondary N) is 2. The summed E-state index contributed by atoms with van der Waals surface area (Å²) in [5, 5.41) is 0.816. The molecule has 1 atom stereocenters. The number of hydrogen-bond acceptors (Lipinski definition) is 5. The summed E-state index contributed by atoms with van der Waals surface area (Å²) in [7, 11) is 4.24. The zero-order valence-electron chi connectivity index (χ0n) is 16.6. The van der Waals surface area contributed by atoms with Gasteiger partial charge in [0.05, 0.1) is 22.4 Å². The van der Waals surface area contributed by atoms with Crippen LogP contribution in [0.1, 0.15) is 6.42 Å². The normalized spacial score (nSPS) is 17.1. The Hall–Kier alpha value is -3.32. The van der Waals surface area contributed by atoms with Gasteiger partial charge in [0, 0.05) is 24.5 Å². The van der Waals surface area contributed by atoms with Gasteiger partial charge < -0.3 is 25.5 Å². The molecule has 2 aromatic carbocycles. The predicted molar refractivity (Wildman–Crippen MR) is 118 cm³/mol. The molecule has 0 saturated carbocycles. The van der Waals surface area contributed by atoms with Crippen molar-refractivity contribution in [3.63, 3.8) is 0 Å². The molecule has 1 fully saturated rings. The van der Waals surface area contributed by atoms with Crippen LogP contribution in [0.3, 0.4) is 0 Å². The fraction of sp³-hybridized carbons (Fsp3) is 0.273. The highest BCUT2D eigenvalue weighted by Gasteiger charge is 2.26. The van der Waals surface area contributed by atoms with E-state index in [1.807, 2.05) is 36.4 Å². The van der Waals surface area contributed by atoms with Crippen molar-refractivity contribution >= 4 is 33.3 Å². The van der Waals surface area contributed by atoms with Crippen LogP contribution in [0.5, 0.6) is 0 Å². The molecule has 0 radical (unpaired) electrons. The molecule has 3 heterocycles. The fourth-order valence-electron chi connectivity index (χ4n) is 4.28. The standard InChI is InChI=1S/C22H24N6O/c1-27(2)13-10-11-28(12-13)17-9-5-8-16-20(17)26-21(24-16)18-19(23)14-6-3-4-7-15(14)25-22(18)29/h3-9,13H,10-12H2,1-2H3,(H,24,26)(H3,23,25,29). The number of rotatable bonds is 3. The molecule has 4 N–H and O–H groups in total. The summed E-state index contributed by atoms with van der Waals surface area (Å²) < 4.78 is 0. The third-order valence-electron chi connectivity index (χ3n) is 5.92. The molecule has 0 amide bonds. The van der Waals surface area contributed by atoms with Crippen LogP contribution in [0.15, 0.2) is 47.3 Å². The van der Waals surface area contributed by atoms with Crippen LogP contribution < -0.4 is 16.2 Å². The van der Waals surface area contributed by atoms with Gasteiger partial charge in [0.25, 0.3) is 5.56 Å². The van der Waals surface area contributed by atoms with E-state index in [0.29, 0.717) is 23.1 Å². The van der Waals surface area contributed by atoms with Gasteiger partial charge in [-0.05, 0) is 38.7 Å². The number of pyridine rings is 1. The van der Waals surface area contributed by atoms with Gasteiger partial charge in [-0.25, -0.2) is 4.98 Å². The molecule has 1 aliphatic heterocycles. The highest BCUT2D eigenvalue weighted by Crippen LogP contribution is 2.32. The summed E-state index contributed by atoms with van der Waals surface area (Å²) in [6.07, 6.45) is 1.12. The Morgan fingerprint density at radius 3 is 2.69 bits per heavy atom. The summed E-state index contributed by atoms with van der Waals surface area (Å²) >= 11 is 0. The molecule has 7 heteroatoms. The minimum atomic E-state index is -0.240. The van der Waals surface area contributed by atoms with Gasteiger partial charge in [-0.3, -0.25) is 4.79 Å². The third kappa shape index (κ3) is 2.86. The van der Waals surface area contributed by atoms with Gasteiger partial charge in [-0.2, -0.15) is 0 Å². The molecule has 148 valence electrons. The van der Waals surface area contributed by atoms with Crippen LogP contribution in [-0.4, -0.2) is 53.1 Å². The van der Waals surface area contributed by atoms with Crippen LogP contribution in [0.4, 0.5) is 11.4 Å². The summed E-state index contributed by atoms with van der Waals surface area (Å²) in [6, 6.07) is 14.2. The lowest BCUT2D eigenvalue weighted by molar-refractivity contribution is 0.315. The van der Waals surface area contributed by atoms with Gasteiger partial charge >= 0.3 is 0 Å². The second-order valence-electron chi connectivity index (χ2n) is 7.90. The molecule has 7 nitrogen and oxygen atoms in total. The van der Waals surface area contributed by atoms with Crippen LogP contribution in [0.25, 0.3) is 33.3 Å². The van der Waals surface area contributed by atoms with Gasteiger partial charge in [0.15, 0.2) is 0 Å². The predicted octanol–water partition coefficient (Wildman–Crippen LogP) is 2.79. The van der Waals surface area contributed by atoms with Crippen molar-refractivity contribution in [3.05, 3.63) is 52.8 Å². The smallest absolute Gasteiger partial charge is 0.261 e. The van der Waals surface area contributed by atoms with E-state index in [4.69, 9.17) is 10.7 Å². The van der Waals surface area contributed by atoms with Crippen molar-refractivity contribution in [3.8, 4) is 11.4 Å². The van der Waals surface area contributed by atoms with E-state index in [1.165, 1.54) is 0 Å². The van der Waals surface area contributed by atoms with Crippen LogP contribution in [-0.2, 0) is 0 Å². The molecule has 5 rings (SSSR count). The molecular formula is C22H24N6O. The molecular weight excluding hydrogens is 364 g/mol. The maximum Gasteiger partial charge on any atom is 0.261 e. The zero-order valence-corrected chi connectivity index (χ0v) is 16.6. The number of benzene rings is 2. The number of nitrogens with two attached hydrogens (primary N) is 1. The lowest BCUT2D eigenvalue weighted by Crippen LogP contribution is -2.31. The Kier molecular flexibility index (Phi) is 4.06. The van der Waals surface area contributed by atoms with Gasteiger partial charge in [0.2, 0.25) is 0 Å². The zero-order chi connectivity index (χ0) is 20.1.